The van der Waals surface area contributed by atoms with Crippen molar-refractivity contribution in [3.05, 3.63) is 22.6 Å². The molecule has 0 saturated carbocycles. The summed E-state index contributed by atoms with van der Waals surface area (Å²) in [6, 6.07) is 3.45. The molecular formula is C8H8BrNO3. The summed E-state index contributed by atoms with van der Waals surface area (Å²) in [5.41, 5.74) is 0. The summed E-state index contributed by atoms with van der Waals surface area (Å²) in [6.45, 7) is 1.18. The number of hydrogen-bond acceptors (Lipinski definition) is 3. The fourth-order valence-electron chi connectivity index (χ4n) is 1.01. The van der Waals surface area contributed by atoms with Crippen LogP contribution >= 0.6 is 15.9 Å². The van der Waals surface area contributed by atoms with Crippen LogP contribution < -0.4 is 5.32 Å². The molecule has 5 heteroatoms. The molecule has 1 amide bonds. The average Bonchev–Trinajstić information content (AvgIpc) is 2.44. The molecule has 1 aliphatic heterocycles. The van der Waals surface area contributed by atoms with Crippen molar-refractivity contribution in [3.8, 4) is 0 Å². The van der Waals surface area contributed by atoms with E-state index in [0.29, 0.717) is 23.6 Å². The van der Waals surface area contributed by atoms with Crippen LogP contribution in [0.2, 0.25) is 0 Å². The van der Waals surface area contributed by atoms with Crippen LogP contribution in [0.15, 0.2) is 21.2 Å². The van der Waals surface area contributed by atoms with Crippen LogP contribution in [0.3, 0.4) is 0 Å². The lowest BCUT2D eigenvalue weighted by Crippen LogP contribution is -2.48. The van der Waals surface area contributed by atoms with Gasteiger partial charge in [0.15, 0.2) is 10.4 Å². The molecule has 0 unspecified atom stereocenters. The molecule has 70 valence electrons. The zero-order valence-corrected chi connectivity index (χ0v) is 8.33. The van der Waals surface area contributed by atoms with Crippen LogP contribution in [0.4, 0.5) is 0 Å². The third-order valence-electron chi connectivity index (χ3n) is 1.77. The summed E-state index contributed by atoms with van der Waals surface area (Å²) in [4.78, 5) is 11.4. The predicted molar refractivity (Wildman–Crippen MR) is 48.5 cm³/mol. The first-order valence-corrected chi connectivity index (χ1v) is 4.69. The third-order valence-corrected chi connectivity index (χ3v) is 2.20. The highest BCUT2D eigenvalue weighted by atomic mass is 79.9. The van der Waals surface area contributed by atoms with Gasteiger partial charge in [0.25, 0.3) is 5.91 Å². The van der Waals surface area contributed by atoms with Crippen LogP contribution in [0.25, 0.3) is 0 Å². The summed E-state index contributed by atoms with van der Waals surface area (Å²) in [5, 5.41) is 2.77. The van der Waals surface area contributed by atoms with Crippen molar-refractivity contribution in [2.75, 3.05) is 13.2 Å². The van der Waals surface area contributed by atoms with E-state index in [9.17, 15) is 4.79 Å². The Bertz CT molecular complexity index is 319. The molecule has 2 rings (SSSR count). The molecule has 2 heterocycles. The van der Waals surface area contributed by atoms with Crippen LogP contribution in [0.1, 0.15) is 10.6 Å². The van der Waals surface area contributed by atoms with Gasteiger partial charge in [-0.2, -0.15) is 0 Å². The normalized spacial score (nSPS) is 16.7. The molecule has 0 spiro atoms. The van der Waals surface area contributed by atoms with E-state index in [1.807, 2.05) is 0 Å². The van der Waals surface area contributed by atoms with E-state index in [-0.39, 0.29) is 11.9 Å². The Morgan fingerprint density at radius 1 is 1.54 bits per heavy atom. The topological polar surface area (TPSA) is 51.5 Å². The highest BCUT2D eigenvalue weighted by molar-refractivity contribution is 9.10. The van der Waals surface area contributed by atoms with Gasteiger partial charge in [-0.05, 0) is 28.1 Å². The molecule has 1 aliphatic rings. The van der Waals surface area contributed by atoms with E-state index in [1.165, 1.54) is 0 Å². The van der Waals surface area contributed by atoms with Gasteiger partial charge in [-0.25, -0.2) is 0 Å². The molecule has 1 aromatic heterocycles. The quantitative estimate of drug-likeness (QED) is 0.852. The molecule has 0 aliphatic carbocycles. The molecule has 1 aromatic rings. The maximum Gasteiger partial charge on any atom is 0.287 e. The molecule has 1 fully saturated rings. The second kappa shape index (κ2) is 3.51. The lowest BCUT2D eigenvalue weighted by molar-refractivity contribution is -0.00391. The number of carbonyl (C=O) groups excluding carboxylic acids is 1. The average molecular weight is 246 g/mol. The number of carbonyl (C=O) groups is 1. The zero-order chi connectivity index (χ0) is 9.26. The molecule has 1 saturated heterocycles. The lowest BCUT2D eigenvalue weighted by atomic mass is 10.2. The first-order valence-electron chi connectivity index (χ1n) is 3.89. The molecule has 0 aromatic carbocycles. The van der Waals surface area contributed by atoms with Crippen molar-refractivity contribution in [1.29, 1.82) is 0 Å². The number of amides is 1. The molecule has 0 radical (unpaired) electrons. The van der Waals surface area contributed by atoms with Crippen molar-refractivity contribution in [1.82, 2.24) is 5.32 Å². The minimum absolute atomic E-state index is 0.136. The Morgan fingerprint density at radius 2 is 2.31 bits per heavy atom. The maximum atomic E-state index is 11.4. The van der Waals surface area contributed by atoms with Gasteiger partial charge in [0.05, 0.1) is 19.3 Å². The highest BCUT2D eigenvalue weighted by Crippen LogP contribution is 2.14. The molecule has 1 N–H and O–H groups in total. The SMILES string of the molecule is O=C(NC1COC1)c1ccc(Br)o1. The Kier molecular flexibility index (Phi) is 2.37. The zero-order valence-electron chi connectivity index (χ0n) is 6.75. The number of hydrogen-bond donors (Lipinski definition) is 1. The minimum Gasteiger partial charge on any atom is -0.444 e. The Labute approximate surface area is 83.4 Å². The van der Waals surface area contributed by atoms with E-state index in [4.69, 9.17) is 9.15 Å². The van der Waals surface area contributed by atoms with E-state index in [0.717, 1.165) is 0 Å². The minimum atomic E-state index is -0.195. The van der Waals surface area contributed by atoms with Gasteiger partial charge in [-0.3, -0.25) is 4.79 Å². The standard InChI is InChI=1S/C8H8BrNO3/c9-7-2-1-6(13-7)8(11)10-5-3-12-4-5/h1-2,5H,3-4H2,(H,10,11). The van der Waals surface area contributed by atoms with Crippen LogP contribution in [0.5, 0.6) is 0 Å². The van der Waals surface area contributed by atoms with Crippen LogP contribution in [-0.2, 0) is 4.74 Å². The number of nitrogens with one attached hydrogen (secondary N) is 1. The van der Waals surface area contributed by atoms with Crippen molar-refractivity contribution < 1.29 is 13.9 Å². The van der Waals surface area contributed by atoms with Gasteiger partial charge in [0.2, 0.25) is 0 Å². The first-order chi connectivity index (χ1) is 6.25. The Hall–Kier alpha value is -0.810. The van der Waals surface area contributed by atoms with Gasteiger partial charge in [-0.1, -0.05) is 0 Å². The summed E-state index contributed by atoms with van der Waals surface area (Å²) >= 11 is 3.13. The van der Waals surface area contributed by atoms with Crippen molar-refractivity contribution in [3.63, 3.8) is 0 Å². The highest BCUT2D eigenvalue weighted by Gasteiger charge is 2.22. The van der Waals surface area contributed by atoms with Gasteiger partial charge in [0, 0.05) is 0 Å². The van der Waals surface area contributed by atoms with Crippen molar-refractivity contribution >= 4 is 21.8 Å². The molecular weight excluding hydrogens is 238 g/mol. The van der Waals surface area contributed by atoms with E-state index in [2.05, 4.69) is 21.2 Å². The van der Waals surface area contributed by atoms with Crippen LogP contribution in [0, 0.1) is 0 Å². The molecule has 13 heavy (non-hydrogen) atoms. The predicted octanol–water partition coefficient (Wildman–Crippen LogP) is 1.17. The smallest absolute Gasteiger partial charge is 0.287 e. The number of rotatable bonds is 2. The fraction of sp³-hybridized carbons (Fsp3) is 0.375. The number of halogens is 1. The van der Waals surface area contributed by atoms with Gasteiger partial charge in [-0.15, -0.1) is 0 Å². The first kappa shape index (κ1) is 8.77. The third kappa shape index (κ3) is 1.92. The lowest BCUT2D eigenvalue weighted by Gasteiger charge is -2.26. The molecule has 0 bridgehead atoms. The van der Waals surface area contributed by atoms with E-state index >= 15 is 0 Å². The Morgan fingerprint density at radius 3 is 2.77 bits per heavy atom. The fourth-order valence-corrected chi connectivity index (χ4v) is 1.32. The summed E-state index contributed by atoms with van der Waals surface area (Å²) in [5.74, 6) is 0.123. The number of furan rings is 1. The van der Waals surface area contributed by atoms with Gasteiger partial charge in [0.1, 0.15) is 0 Å². The van der Waals surface area contributed by atoms with Gasteiger partial charge >= 0.3 is 0 Å². The second-order valence-electron chi connectivity index (χ2n) is 2.81. The largest absolute Gasteiger partial charge is 0.444 e. The summed E-state index contributed by atoms with van der Waals surface area (Å²) in [7, 11) is 0. The van der Waals surface area contributed by atoms with Crippen molar-refractivity contribution in [2.45, 2.75) is 6.04 Å². The summed E-state index contributed by atoms with van der Waals surface area (Å²) in [6.07, 6.45) is 0. The maximum absolute atomic E-state index is 11.4. The monoisotopic (exact) mass is 245 g/mol. The van der Waals surface area contributed by atoms with E-state index < -0.39 is 0 Å². The van der Waals surface area contributed by atoms with Gasteiger partial charge < -0.3 is 14.5 Å². The Balaban J connectivity index is 1.96. The van der Waals surface area contributed by atoms with Crippen LogP contribution in [-0.4, -0.2) is 25.2 Å². The second-order valence-corrected chi connectivity index (χ2v) is 3.59. The molecule has 0 atom stereocenters. The summed E-state index contributed by atoms with van der Waals surface area (Å²) < 4.78 is 10.6. The number of ether oxygens (including phenoxy) is 1. The molecule has 4 nitrogen and oxygen atoms in total. The van der Waals surface area contributed by atoms with E-state index in [1.54, 1.807) is 12.1 Å². The van der Waals surface area contributed by atoms with Crippen molar-refractivity contribution in [2.24, 2.45) is 0 Å².